The van der Waals surface area contributed by atoms with Crippen LogP contribution in [-0.2, 0) is 19.1 Å². The van der Waals surface area contributed by atoms with Crippen LogP contribution >= 0.6 is 0 Å². The summed E-state index contributed by atoms with van der Waals surface area (Å²) in [6.45, 7) is 1.92. The highest BCUT2D eigenvalue weighted by molar-refractivity contribution is 6.35. The third-order valence-corrected chi connectivity index (χ3v) is 2.29. The average molecular weight is 327 g/mol. The minimum atomic E-state index is -5.32. The van der Waals surface area contributed by atoms with E-state index in [-0.39, 0.29) is 0 Å². The van der Waals surface area contributed by atoms with Gasteiger partial charge < -0.3 is 25.8 Å². The first-order valence-electron chi connectivity index (χ1n) is 5.63. The zero-order chi connectivity index (χ0) is 17.7. The average Bonchev–Trinajstić information content (AvgIpc) is 2.33. The number of carbonyl (C=O) groups is 3. The van der Waals surface area contributed by atoms with Crippen LogP contribution in [0.15, 0.2) is 0 Å². The Morgan fingerprint density at radius 1 is 1.27 bits per heavy atom. The number of carboxylic acid groups (broad SMARTS) is 1. The summed E-state index contributed by atoms with van der Waals surface area (Å²) in [7, 11) is 0. The second-order valence-electron chi connectivity index (χ2n) is 4.06. The van der Waals surface area contributed by atoms with Crippen molar-refractivity contribution in [2.45, 2.75) is 38.3 Å². The van der Waals surface area contributed by atoms with Crippen LogP contribution in [0.3, 0.4) is 0 Å². The summed E-state index contributed by atoms with van der Waals surface area (Å²) >= 11 is 0. The van der Waals surface area contributed by atoms with Gasteiger partial charge in [-0.3, -0.25) is 4.79 Å². The van der Waals surface area contributed by atoms with E-state index in [1.807, 2.05) is 0 Å². The number of aliphatic hydroxyl groups is 1. The van der Waals surface area contributed by atoms with Crippen molar-refractivity contribution in [1.82, 2.24) is 5.32 Å². The summed E-state index contributed by atoms with van der Waals surface area (Å²) in [4.78, 5) is 35.4. The van der Waals surface area contributed by atoms with Gasteiger partial charge in [0.25, 0.3) is 0 Å². The fourth-order valence-corrected chi connectivity index (χ4v) is 1.20. The Morgan fingerprint density at radius 2 is 1.77 bits per heavy atom. The molecule has 0 bridgehead atoms. The van der Waals surface area contributed by atoms with Crippen molar-refractivity contribution in [3.63, 3.8) is 0 Å². The first-order chi connectivity index (χ1) is 9.91. The summed E-state index contributed by atoms with van der Waals surface area (Å²) in [5.41, 5.74) is 7.58. The van der Waals surface area contributed by atoms with Gasteiger partial charge in [-0.2, -0.15) is 18.0 Å². The number of amides is 1. The SMILES string of the molecule is C[C@@H](O)C(=[N+]=[N-])C(=O)O[C@H](C)[C@H](NC(=O)C(F)(F)F)C(=O)O. The van der Waals surface area contributed by atoms with E-state index in [2.05, 4.69) is 9.53 Å². The quantitative estimate of drug-likeness (QED) is 0.249. The topological polar surface area (TPSA) is 149 Å². The number of halogens is 3. The first-order valence-corrected chi connectivity index (χ1v) is 5.63. The van der Waals surface area contributed by atoms with Crippen LogP contribution in [0, 0.1) is 0 Å². The van der Waals surface area contributed by atoms with Gasteiger partial charge in [-0.1, -0.05) is 0 Å². The van der Waals surface area contributed by atoms with Crippen molar-refractivity contribution < 1.29 is 47.3 Å². The van der Waals surface area contributed by atoms with E-state index in [1.165, 1.54) is 0 Å². The maximum absolute atomic E-state index is 12.1. The number of alkyl halides is 3. The van der Waals surface area contributed by atoms with Crippen molar-refractivity contribution in [2.24, 2.45) is 0 Å². The Labute approximate surface area is 121 Å². The molecule has 0 aliphatic heterocycles. The molecule has 1 amide bonds. The molecule has 3 N–H and O–H groups in total. The number of carboxylic acids is 1. The minimum absolute atomic E-state index is 0.891. The second-order valence-corrected chi connectivity index (χ2v) is 4.06. The maximum atomic E-state index is 12.1. The number of nitrogens with one attached hydrogen (secondary N) is 1. The van der Waals surface area contributed by atoms with Gasteiger partial charge in [0, 0.05) is 0 Å². The molecule has 0 saturated heterocycles. The number of nitrogens with zero attached hydrogens (tertiary/aromatic N) is 2. The highest BCUT2D eigenvalue weighted by atomic mass is 19.4. The van der Waals surface area contributed by atoms with Gasteiger partial charge in [-0.25, -0.2) is 9.59 Å². The summed E-state index contributed by atoms with van der Waals surface area (Å²) < 4.78 is 40.7. The Morgan fingerprint density at radius 3 is 2.09 bits per heavy atom. The van der Waals surface area contributed by atoms with Crippen molar-refractivity contribution in [1.29, 1.82) is 0 Å². The molecular formula is C10H12F3N3O6. The largest absolute Gasteiger partial charge is 0.480 e. The summed E-state index contributed by atoms with van der Waals surface area (Å²) in [6.07, 6.45) is -8.64. The molecule has 0 radical (unpaired) electrons. The van der Waals surface area contributed by atoms with Gasteiger partial charge >= 0.3 is 29.7 Å². The summed E-state index contributed by atoms with van der Waals surface area (Å²) in [6, 6.07) is -2.20. The molecule has 0 heterocycles. The lowest BCUT2D eigenvalue weighted by atomic mass is 10.1. The number of hydrogen-bond acceptors (Lipinski definition) is 5. The summed E-state index contributed by atoms with van der Waals surface area (Å²) in [5, 5.41) is 19.0. The van der Waals surface area contributed by atoms with Crippen molar-refractivity contribution in [3.05, 3.63) is 5.53 Å². The molecule has 0 aromatic rings. The maximum Gasteiger partial charge on any atom is 0.471 e. The highest BCUT2D eigenvalue weighted by Gasteiger charge is 2.43. The Bertz CT molecular complexity index is 513. The molecular weight excluding hydrogens is 315 g/mol. The third kappa shape index (κ3) is 5.50. The molecule has 0 saturated carbocycles. The van der Waals surface area contributed by atoms with Crippen LogP contribution in [0.5, 0.6) is 0 Å². The molecule has 0 spiro atoms. The molecule has 0 aromatic carbocycles. The molecule has 0 fully saturated rings. The number of carbonyl (C=O) groups excluding carboxylic acids is 2. The molecule has 12 heteroatoms. The molecule has 0 aromatic heterocycles. The number of ether oxygens (including phenoxy) is 1. The number of rotatable bonds is 6. The van der Waals surface area contributed by atoms with Crippen LogP contribution in [0.2, 0.25) is 0 Å². The second kappa shape index (κ2) is 7.52. The number of hydrogen-bond donors (Lipinski definition) is 3. The zero-order valence-corrected chi connectivity index (χ0v) is 11.3. The zero-order valence-electron chi connectivity index (χ0n) is 11.3. The monoisotopic (exact) mass is 327 g/mol. The molecule has 3 atom stereocenters. The fraction of sp³-hybridized carbons (Fsp3) is 0.600. The lowest BCUT2D eigenvalue weighted by Gasteiger charge is -2.21. The van der Waals surface area contributed by atoms with Gasteiger partial charge in [0.1, 0.15) is 6.10 Å². The van der Waals surface area contributed by atoms with E-state index in [0.29, 0.717) is 0 Å². The predicted octanol–water partition coefficient (Wildman–Crippen LogP) is -0.899. The Hall–Kier alpha value is -2.46. The van der Waals surface area contributed by atoms with E-state index in [4.69, 9.17) is 15.7 Å². The molecule has 124 valence electrons. The highest BCUT2D eigenvalue weighted by Crippen LogP contribution is 2.15. The predicted molar refractivity (Wildman–Crippen MR) is 61.5 cm³/mol. The normalized spacial score (nSPS) is 15.0. The van der Waals surface area contributed by atoms with E-state index < -0.39 is 48.0 Å². The number of aliphatic carboxylic acids is 1. The summed E-state index contributed by atoms with van der Waals surface area (Å²) in [5.74, 6) is -5.88. The minimum Gasteiger partial charge on any atom is -0.480 e. The van der Waals surface area contributed by atoms with Gasteiger partial charge in [0.05, 0.1) is 0 Å². The van der Waals surface area contributed by atoms with Crippen LogP contribution in [-0.4, -0.2) is 63.0 Å². The molecule has 0 aliphatic carbocycles. The molecule has 9 nitrogen and oxygen atoms in total. The van der Waals surface area contributed by atoms with E-state index >= 15 is 0 Å². The molecule has 22 heavy (non-hydrogen) atoms. The van der Waals surface area contributed by atoms with E-state index in [1.54, 1.807) is 0 Å². The fourth-order valence-electron chi connectivity index (χ4n) is 1.20. The van der Waals surface area contributed by atoms with Gasteiger partial charge in [-0.15, -0.1) is 0 Å². The molecule has 0 rings (SSSR count). The lowest BCUT2D eigenvalue weighted by molar-refractivity contribution is -0.177. The van der Waals surface area contributed by atoms with Crippen molar-refractivity contribution >= 4 is 23.6 Å². The number of aliphatic hydroxyl groups excluding tert-OH is 1. The van der Waals surface area contributed by atoms with Gasteiger partial charge in [0.2, 0.25) is 0 Å². The smallest absolute Gasteiger partial charge is 0.471 e. The van der Waals surface area contributed by atoms with Crippen LogP contribution in [0.25, 0.3) is 5.53 Å². The third-order valence-electron chi connectivity index (χ3n) is 2.29. The Kier molecular flexibility index (Phi) is 6.68. The van der Waals surface area contributed by atoms with E-state index in [0.717, 1.165) is 19.2 Å². The molecule has 0 aliphatic rings. The van der Waals surface area contributed by atoms with Gasteiger partial charge in [0.15, 0.2) is 12.1 Å². The number of esters is 1. The standard InChI is InChI=1S/C10H12F3N3O6/c1-3(17)5(16-14)8(20)22-4(2)6(7(18)19)15-9(21)10(11,12)13/h3-4,6,17H,1-2H3,(H,15,21)(H,18,19)/t3-,4-,6+/m1/s1. The van der Waals surface area contributed by atoms with Gasteiger partial charge in [-0.05, 0) is 13.8 Å². The molecule has 0 unspecified atom stereocenters. The lowest BCUT2D eigenvalue weighted by Crippen LogP contribution is -2.53. The van der Waals surface area contributed by atoms with E-state index in [9.17, 15) is 27.6 Å². The Balaban J connectivity index is 5.07. The van der Waals surface area contributed by atoms with Crippen LogP contribution in [0.1, 0.15) is 13.8 Å². The van der Waals surface area contributed by atoms with Crippen molar-refractivity contribution in [2.75, 3.05) is 0 Å². The van der Waals surface area contributed by atoms with Crippen LogP contribution in [0.4, 0.5) is 13.2 Å². The first kappa shape index (κ1) is 19.5. The van der Waals surface area contributed by atoms with Crippen LogP contribution < -0.4 is 5.32 Å². The van der Waals surface area contributed by atoms with Crippen molar-refractivity contribution in [3.8, 4) is 0 Å².